The topological polar surface area (TPSA) is 83.7 Å². The third-order valence-corrected chi connectivity index (χ3v) is 4.66. The number of aliphatic imine (C=N–C) groups is 1. The Morgan fingerprint density at radius 1 is 1.12 bits per heavy atom. The maximum atomic E-state index is 13.0. The minimum atomic E-state index is -1.08. The molecule has 0 fully saturated rings. The molecule has 0 bridgehead atoms. The Kier molecular flexibility index (Phi) is 9.45. The minimum absolute atomic E-state index is 0. The van der Waals surface area contributed by atoms with E-state index < -0.39 is 5.60 Å². The molecule has 7 nitrogen and oxygen atoms in total. The van der Waals surface area contributed by atoms with Gasteiger partial charge in [-0.2, -0.15) is 5.10 Å². The largest absolute Gasteiger partial charge is 0.457 e. The molecule has 0 saturated carbocycles. The lowest BCUT2D eigenvalue weighted by Crippen LogP contribution is -2.44. The number of aryl methyl sites for hydroxylation is 1. The van der Waals surface area contributed by atoms with Crippen molar-refractivity contribution >= 4 is 29.9 Å². The smallest absolute Gasteiger partial charge is 0.191 e. The molecule has 3 aromatic rings. The molecular formula is C23H29FIN5O2. The van der Waals surface area contributed by atoms with Crippen LogP contribution >= 0.6 is 24.0 Å². The third kappa shape index (κ3) is 7.49. The first-order chi connectivity index (χ1) is 14.9. The number of aromatic nitrogens is 2. The molecule has 3 rings (SSSR count). The number of ether oxygens (including phenoxy) is 1. The van der Waals surface area contributed by atoms with Crippen LogP contribution in [0, 0.1) is 5.82 Å². The van der Waals surface area contributed by atoms with E-state index in [1.165, 1.54) is 12.1 Å². The van der Waals surface area contributed by atoms with Crippen LogP contribution in [0.1, 0.15) is 25.0 Å². The van der Waals surface area contributed by atoms with Gasteiger partial charge in [0.2, 0.25) is 0 Å². The Morgan fingerprint density at radius 2 is 1.75 bits per heavy atom. The monoisotopic (exact) mass is 553 g/mol. The first-order valence-electron chi connectivity index (χ1n) is 10.1. The molecule has 0 saturated heterocycles. The summed E-state index contributed by atoms with van der Waals surface area (Å²) < 4.78 is 20.4. The van der Waals surface area contributed by atoms with Crippen molar-refractivity contribution in [2.75, 3.05) is 13.1 Å². The zero-order valence-electron chi connectivity index (χ0n) is 18.4. The van der Waals surface area contributed by atoms with E-state index in [9.17, 15) is 9.50 Å². The second-order valence-electron chi connectivity index (χ2n) is 7.43. The van der Waals surface area contributed by atoms with Crippen molar-refractivity contribution in [2.45, 2.75) is 26.0 Å². The number of nitrogens with one attached hydrogen (secondary N) is 2. The minimum Gasteiger partial charge on any atom is -0.457 e. The molecule has 9 heteroatoms. The Labute approximate surface area is 204 Å². The second kappa shape index (κ2) is 11.8. The van der Waals surface area contributed by atoms with Crippen molar-refractivity contribution in [2.24, 2.45) is 12.0 Å². The number of benzene rings is 2. The van der Waals surface area contributed by atoms with Crippen molar-refractivity contribution in [3.8, 4) is 11.5 Å². The second-order valence-corrected chi connectivity index (χ2v) is 7.43. The summed E-state index contributed by atoms with van der Waals surface area (Å²) in [5, 5.41) is 21.2. The van der Waals surface area contributed by atoms with Crippen LogP contribution in [-0.4, -0.2) is 33.9 Å². The number of rotatable bonds is 8. The fourth-order valence-electron chi connectivity index (χ4n) is 2.87. The van der Waals surface area contributed by atoms with Gasteiger partial charge in [-0.25, -0.2) is 9.38 Å². The summed E-state index contributed by atoms with van der Waals surface area (Å²) in [7, 11) is 1.81. The molecule has 1 unspecified atom stereocenters. The molecule has 0 aliphatic heterocycles. The molecule has 0 amide bonds. The summed E-state index contributed by atoms with van der Waals surface area (Å²) in [6, 6.07) is 13.4. The molecule has 0 spiro atoms. The number of halogens is 2. The maximum Gasteiger partial charge on any atom is 0.191 e. The average molecular weight is 553 g/mol. The highest BCUT2D eigenvalue weighted by Gasteiger charge is 2.24. The molecule has 1 atom stereocenters. The van der Waals surface area contributed by atoms with E-state index in [4.69, 9.17) is 4.74 Å². The molecule has 0 aliphatic rings. The summed E-state index contributed by atoms with van der Waals surface area (Å²) in [6.45, 7) is 5.17. The van der Waals surface area contributed by atoms with Gasteiger partial charge in [0.15, 0.2) is 5.96 Å². The highest BCUT2D eigenvalue weighted by molar-refractivity contribution is 14.0. The summed E-state index contributed by atoms with van der Waals surface area (Å²) in [6.07, 6.45) is 3.45. The lowest BCUT2D eigenvalue weighted by molar-refractivity contribution is 0.0616. The van der Waals surface area contributed by atoms with Crippen molar-refractivity contribution < 1.29 is 14.2 Å². The Morgan fingerprint density at radius 3 is 2.31 bits per heavy atom. The highest BCUT2D eigenvalue weighted by Crippen LogP contribution is 2.22. The molecule has 1 heterocycles. The van der Waals surface area contributed by atoms with Crippen molar-refractivity contribution in [1.82, 2.24) is 20.4 Å². The van der Waals surface area contributed by atoms with Gasteiger partial charge >= 0.3 is 0 Å². The number of aliphatic hydroxyl groups is 1. The molecule has 3 N–H and O–H groups in total. The Balaban J connectivity index is 0.00000363. The van der Waals surface area contributed by atoms with Crippen molar-refractivity contribution in [1.29, 1.82) is 0 Å². The van der Waals surface area contributed by atoms with E-state index in [2.05, 4.69) is 20.7 Å². The van der Waals surface area contributed by atoms with Crippen LogP contribution in [0.15, 0.2) is 65.9 Å². The van der Waals surface area contributed by atoms with Crippen LogP contribution in [-0.2, 0) is 19.2 Å². The van der Waals surface area contributed by atoms with Gasteiger partial charge in [-0.3, -0.25) is 4.68 Å². The SMILES string of the molecule is CCNC(=NCc1ccc(Oc2ccc(F)cc2)cc1)NCC(C)(O)c1cnn(C)c1.I. The van der Waals surface area contributed by atoms with E-state index >= 15 is 0 Å². The Bertz CT molecular complexity index is 1000. The van der Waals surface area contributed by atoms with Gasteiger partial charge in [0.05, 0.1) is 19.3 Å². The van der Waals surface area contributed by atoms with Gasteiger partial charge in [-0.05, 0) is 55.8 Å². The van der Waals surface area contributed by atoms with Gasteiger partial charge in [0.1, 0.15) is 22.9 Å². The van der Waals surface area contributed by atoms with E-state index in [0.29, 0.717) is 30.5 Å². The van der Waals surface area contributed by atoms with Crippen molar-refractivity contribution in [3.05, 3.63) is 77.9 Å². The van der Waals surface area contributed by atoms with E-state index in [-0.39, 0.29) is 36.3 Å². The van der Waals surface area contributed by atoms with Crippen molar-refractivity contribution in [3.63, 3.8) is 0 Å². The Hall–Kier alpha value is -2.66. The van der Waals surface area contributed by atoms with Crippen LogP contribution < -0.4 is 15.4 Å². The van der Waals surface area contributed by atoms with E-state index in [0.717, 1.165) is 11.1 Å². The van der Waals surface area contributed by atoms with Gasteiger partial charge in [-0.15, -0.1) is 24.0 Å². The van der Waals surface area contributed by atoms with Gasteiger partial charge < -0.3 is 20.5 Å². The summed E-state index contributed by atoms with van der Waals surface area (Å²) in [5.74, 6) is 1.55. The van der Waals surface area contributed by atoms with Gasteiger partial charge in [-0.1, -0.05) is 12.1 Å². The molecule has 32 heavy (non-hydrogen) atoms. The average Bonchev–Trinajstić information content (AvgIpc) is 3.20. The number of hydrogen-bond acceptors (Lipinski definition) is 4. The van der Waals surface area contributed by atoms with E-state index in [1.54, 1.807) is 36.1 Å². The summed E-state index contributed by atoms with van der Waals surface area (Å²) >= 11 is 0. The fraction of sp³-hybridized carbons (Fsp3) is 0.304. The quantitative estimate of drug-likeness (QED) is 0.224. The molecule has 172 valence electrons. The van der Waals surface area contributed by atoms with Gasteiger partial charge in [0, 0.05) is 25.4 Å². The van der Waals surface area contributed by atoms with E-state index in [1.807, 2.05) is 38.2 Å². The zero-order valence-corrected chi connectivity index (χ0v) is 20.7. The molecule has 0 aliphatic carbocycles. The van der Waals surface area contributed by atoms with Crippen LogP contribution in [0.3, 0.4) is 0 Å². The first-order valence-corrected chi connectivity index (χ1v) is 10.1. The predicted octanol–water partition coefficient (Wildman–Crippen LogP) is 3.93. The number of guanidine groups is 1. The number of nitrogens with zero attached hydrogens (tertiary/aromatic N) is 3. The lowest BCUT2D eigenvalue weighted by atomic mass is 10.00. The zero-order chi connectivity index (χ0) is 22.3. The van der Waals surface area contributed by atoms with Gasteiger partial charge in [0.25, 0.3) is 0 Å². The molecule has 0 radical (unpaired) electrons. The maximum absolute atomic E-state index is 13.0. The summed E-state index contributed by atoms with van der Waals surface area (Å²) in [5.41, 5.74) is 0.654. The number of hydrogen-bond donors (Lipinski definition) is 3. The standard InChI is InChI=1S/C23H28FN5O2.HI/c1-4-25-22(27-16-23(2,30)18-14-28-29(3)15-18)26-13-17-5-9-20(10-6-17)31-21-11-7-19(24)8-12-21;/h5-12,14-15,30H,4,13,16H2,1-3H3,(H2,25,26,27);1H. The van der Waals surface area contributed by atoms with Crippen LogP contribution in [0.4, 0.5) is 4.39 Å². The van der Waals surface area contributed by atoms with Crippen LogP contribution in [0.5, 0.6) is 11.5 Å². The van der Waals surface area contributed by atoms with Crippen LogP contribution in [0.25, 0.3) is 0 Å². The first kappa shape index (κ1) is 25.6. The molecule has 2 aromatic carbocycles. The van der Waals surface area contributed by atoms with Crippen LogP contribution in [0.2, 0.25) is 0 Å². The normalized spacial score (nSPS) is 13.1. The molecule has 1 aromatic heterocycles. The summed E-state index contributed by atoms with van der Waals surface area (Å²) in [4.78, 5) is 4.59. The fourth-order valence-corrected chi connectivity index (χ4v) is 2.87. The molecular weight excluding hydrogens is 524 g/mol. The lowest BCUT2D eigenvalue weighted by Gasteiger charge is -2.23. The third-order valence-electron chi connectivity index (χ3n) is 4.66. The predicted molar refractivity (Wildman–Crippen MR) is 134 cm³/mol. The highest BCUT2D eigenvalue weighted by atomic mass is 127.